The molecule has 4 aromatic rings. The van der Waals surface area contributed by atoms with Crippen molar-refractivity contribution in [1.29, 1.82) is 0 Å². The predicted octanol–water partition coefficient (Wildman–Crippen LogP) is 3.67. The Kier molecular flexibility index (Phi) is 5.08. The molecule has 1 N–H and O–H groups in total. The van der Waals surface area contributed by atoms with E-state index in [9.17, 15) is 9.18 Å². The highest BCUT2D eigenvalue weighted by molar-refractivity contribution is 5.94. The molecule has 7 heteroatoms. The number of carbonyl (C=O) groups excluding carboxylic acids is 1. The molecular weight excluding hydrogens is 393 g/mol. The van der Waals surface area contributed by atoms with Crippen LogP contribution in [0.5, 0.6) is 0 Å². The third-order valence-electron chi connectivity index (χ3n) is 5.69. The highest BCUT2D eigenvalue weighted by atomic mass is 19.1. The van der Waals surface area contributed by atoms with E-state index in [0.29, 0.717) is 18.8 Å². The molecule has 1 aliphatic carbocycles. The Morgan fingerprint density at radius 3 is 2.65 bits per heavy atom. The number of aromatic nitrogens is 4. The number of fused-ring (bicyclic) bond motifs is 1. The fourth-order valence-corrected chi connectivity index (χ4v) is 4.14. The van der Waals surface area contributed by atoms with E-state index in [4.69, 9.17) is 0 Å². The molecule has 1 amide bonds. The minimum absolute atomic E-state index is 0.184. The van der Waals surface area contributed by atoms with Crippen molar-refractivity contribution in [3.63, 3.8) is 0 Å². The number of hydrogen-bond acceptors (Lipinski definition) is 3. The number of rotatable bonds is 6. The van der Waals surface area contributed by atoms with Crippen LogP contribution in [0, 0.1) is 5.82 Å². The molecule has 0 atom stereocenters. The molecule has 0 bridgehead atoms. The topological polar surface area (TPSA) is 64.7 Å². The van der Waals surface area contributed by atoms with Crippen LogP contribution in [0.15, 0.2) is 67.3 Å². The number of carbonyl (C=O) groups is 1. The lowest BCUT2D eigenvalue weighted by Gasteiger charge is -2.11. The van der Waals surface area contributed by atoms with Gasteiger partial charge in [0.1, 0.15) is 5.82 Å². The molecule has 2 heterocycles. The van der Waals surface area contributed by atoms with Crippen LogP contribution >= 0.6 is 0 Å². The van der Waals surface area contributed by atoms with Crippen molar-refractivity contribution >= 4 is 5.91 Å². The van der Waals surface area contributed by atoms with Crippen molar-refractivity contribution in [3.05, 3.63) is 101 Å². The van der Waals surface area contributed by atoms with Crippen LogP contribution in [0.25, 0.3) is 5.69 Å². The molecule has 6 nitrogen and oxygen atoms in total. The fraction of sp³-hybridized carbons (Fsp3) is 0.208. The van der Waals surface area contributed by atoms with E-state index in [0.717, 1.165) is 47.3 Å². The standard InChI is InChI=1S/C24H22FN5O/c25-19-8-10-20(11-9-19)30-22-7-3-6-21(22)23(28-30)24(31)27-14-17-4-1-2-5-18(17)15-29-13-12-26-16-29/h1-2,4-5,8-13,16H,3,6-7,14-15H2,(H,27,31). The lowest BCUT2D eigenvalue weighted by molar-refractivity contribution is 0.0944. The minimum Gasteiger partial charge on any atom is -0.347 e. The Labute approximate surface area is 179 Å². The number of halogens is 1. The van der Waals surface area contributed by atoms with Gasteiger partial charge in [-0.3, -0.25) is 4.79 Å². The summed E-state index contributed by atoms with van der Waals surface area (Å²) < 4.78 is 17.1. The first-order valence-corrected chi connectivity index (χ1v) is 10.4. The quantitative estimate of drug-likeness (QED) is 0.523. The van der Waals surface area contributed by atoms with Gasteiger partial charge in [-0.15, -0.1) is 0 Å². The summed E-state index contributed by atoms with van der Waals surface area (Å²) in [6.45, 7) is 1.11. The zero-order valence-electron chi connectivity index (χ0n) is 17.0. The van der Waals surface area contributed by atoms with Gasteiger partial charge < -0.3 is 9.88 Å². The van der Waals surface area contributed by atoms with Gasteiger partial charge in [-0.25, -0.2) is 14.1 Å². The van der Waals surface area contributed by atoms with E-state index in [1.54, 1.807) is 29.3 Å². The summed E-state index contributed by atoms with van der Waals surface area (Å²) in [6.07, 6.45) is 8.13. The molecule has 5 rings (SSSR count). The molecule has 2 aromatic heterocycles. The zero-order valence-corrected chi connectivity index (χ0v) is 17.0. The van der Waals surface area contributed by atoms with E-state index in [1.165, 1.54) is 12.1 Å². The second kappa shape index (κ2) is 8.18. The van der Waals surface area contributed by atoms with Crippen LogP contribution < -0.4 is 5.32 Å². The van der Waals surface area contributed by atoms with Crippen LogP contribution in [0.2, 0.25) is 0 Å². The smallest absolute Gasteiger partial charge is 0.272 e. The maximum atomic E-state index is 13.3. The SMILES string of the molecule is O=C(NCc1ccccc1Cn1ccnc1)c1nn(-c2ccc(F)cc2)c2c1CCC2. The van der Waals surface area contributed by atoms with Gasteiger partial charge in [0.15, 0.2) is 5.69 Å². The third-order valence-corrected chi connectivity index (χ3v) is 5.69. The highest BCUT2D eigenvalue weighted by Gasteiger charge is 2.27. The van der Waals surface area contributed by atoms with Gasteiger partial charge in [0.25, 0.3) is 5.91 Å². The summed E-state index contributed by atoms with van der Waals surface area (Å²) in [6, 6.07) is 14.2. The van der Waals surface area contributed by atoms with Crippen molar-refractivity contribution in [2.45, 2.75) is 32.4 Å². The van der Waals surface area contributed by atoms with Gasteiger partial charge in [-0.1, -0.05) is 24.3 Å². The molecule has 0 fully saturated rings. The Bertz CT molecular complexity index is 1210. The van der Waals surface area contributed by atoms with Crippen molar-refractivity contribution < 1.29 is 9.18 Å². The van der Waals surface area contributed by atoms with E-state index >= 15 is 0 Å². The summed E-state index contributed by atoms with van der Waals surface area (Å²) in [4.78, 5) is 17.1. The summed E-state index contributed by atoms with van der Waals surface area (Å²) in [7, 11) is 0. The second-order valence-electron chi connectivity index (χ2n) is 7.70. The normalized spacial score (nSPS) is 12.7. The molecular formula is C24H22FN5O. The minimum atomic E-state index is -0.292. The Morgan fingerprint density at radius 1 is 1.06 bits per heavy atom. The van der Waals surface area contributed by atoms with Crippen LogP contribution in [-0.2, 0) is 25.9 Å². The van der Waals surface area contributed by atoms with E-state index in [2.05, 4.69) is 21.5 Å². The number of nitrogens with one attached hydrogen (secondary N) is 1. The van der Waals surface area contributed by atoms with Gasteiger partial charge in [0.05, 0.1) is 12.0 Å². The predicted molar refractivity (Wildman–Crippen MR) is 114 cm³/mol. The van der Waals surface area contributed by atoms with Crippen LogP contribution in [-0.4, -0.2) is 25.2 Å². The summed E-state index contributed by atoms with van der Waals surface area (Å²) >= 11 is 0. The zero-order chi connectivity index (χ0) is 21.2. The maximum absolute atomic E-state index is 13.3. The summed E-state index contributed by atoms with van der Waals surface area (Å²) in [5, 5.41) is 7.64. The fourth-order valence-electron chi connectivity index (χ4n) is 4.14. The Morgan fingerprint density at radius 2 is 1.87 bits per heavy atom. The van der Waals surface area contributed by atoms with Crippen LogP contribution in [0.4, 0.5) is 4.39 Å². The maximum Gasteiger partial charge on any atom is 0.272 e. The number of benzene rings is 2. The molecule has 0 saturated heterocycles. The molecule has 0 spiro atoms. The van der Waals surface area contributed by atoms with Gasteiger partial charge in [-0.05, 0) is 54.7 Å². The molecule has 2 aromatic carbocycles. The number of imidazole rings is 1. The highest BCUT2D eigenvalue weighted by Crippen LogP contribution is 2.28. The summed E-state index contributed by atoms with van der Waals surface area (Å²) in [5.74, 6) is -0.476. The van der Waals surface area contributed by atoms with Gasteiger partial charge in [0, 0.05) is 36.7 Å². The second-order valence-corrected chi connectivity index (χ2v) is 7.70. The van der Waals surface area contributed by atoms with Crippen LogP contribution in [0.3, 0.4) is 0 Å². The van der Waals surface area contributed by atoms with Gasteiger partial charge in [-0.2, -0.15) is 5.10 Å². The first kappa shape index (κ1) is 19.2. The average molecular weight is 415 g/mol. The number of amides is 1. The molecule has 0 radical (unpaired) electrons. The van der Waals surface area contributed by atoms with Gasteiger partial charge in [0.2, 0.25) is 0 Å². The third kappa shape index (κ3) is 3.86. The molecule has 0 unspecified atom stereocenters. The Balaban J connectivity index is 1.36. The van der Waals surface area contributed by atoms with E-state index in [1.807, 2.05) is 29.0 Å². The molecule has 156 valence electrons. The van der Waals surface area contributed by atoms with E-state index < -0.39 is 0 Å². The monoisotopic (exact) mass is 415 g/mol. The van der Waals surface area contributed by atoms with Crippen molar-refractivity contribution in [3.8, 4) is 5.69 Å². The molecule has 0 saturated carbocycles. The average Bonchev–Trinajstić information content (AvgIpc) is 3.52. The Hall–Kier alpha value is -3.74. The molecule has 1 aliphatic rings. The number of hydrogen-bond donors (Lipinski definition) is 1. The summed E-state index contributed by atoms with van der Waals surface area (Å²) in [5.41, 5.74) is 5.45. The van der Waals surface area contributed by atoms with Crippen LogP contribution in [0.1, 0.15) is 39.3 Å². The number of nitrogens with zero attached hydrogens (tertiary/aromatic N) is 4. The van der Waals surface area contributed by atoms with Crippen molar-refractivity contribution in [2.24, 2.45) is 0 Å². The van der Waals surface area contributed by atoms with Gasteiger partial charge >= 0.3 is 0 Å². The molecule has 31 heavy (non-hydrogen) atoms. The van der Waals surface area contributed by atoms with Crippen molar-refractivity contribution in [2.75, 3.05) is 0 Å². The lowest BCUT2D eigenvalue weighted by Crippen LogP contribution is -2.25. The lowest BCUT2D eigenvalue weighted by atomic mass is 10.1. The van der Waals surface area contributed by atoms with E-state index in [-0.39, 0.29) is 11.7 Å². The van der Waals surface area contributed by atoms with Crippen molar-refractivity contribution in [1.82, 2.24) is 24.6 Å². The largest absolute Gasteiger partial charge is 0.347 e. The first-order valence-electron chi connectivity index (χ1n) is 10.4. The molecule has 0 aliphatic heterocycles. The first-order chi connectivity index (χ1) is 15.2.